The van der Waals surface area contributed by atoms with Crippen LogP contribution in [0, 0.1) is 10.8 Å². The molecule has 0 bridgehead atoms. The normalized spacial score (nSPS) is 13.9. The summed E-state index contributed by atoms with van der Waals surface area (Å²) in [4.78, 5) is 48.2. The molecule has 27 heavy (non-hydrogen) atoms. The van der Waals surface area contributed by atoms with E-state index in [0.29, 0.717) is 6.42 Å². The van der Waals surface area contributed by atoms with Crippen LogP contribution in [0.1, 0.15) is 60.8 Å². The number of hydrogen-bond donors (Lipinski definition) is 2. The van der Waals surface area contributed by atoms with E-state index in [1.165, 1.54) is 14.2 Å². The summed E-state index contributed by atoms with van der Waals surface area (Å²) in [5.74, 6) is -1.66. The number of ether oxygens (including phenoxy) is 2. The minimum Gasteiger partial charge on any atom is -0.467 e. The SMILES string of the molecule is COC(=O)C(CCCC(NC(=O)C(C)(C)C)C(=O)OC)NC(=O)C(C)(C)C. The van der Waals surface area contributed by atoms with Gasteiger partial charge in [0.1, 0.15) is 12.1 Å². The molecule has 0 aliphatic heterocycles. The van der Waals surface area contributed by atoms with Gasteiger partial charge in [0.05, 0.1) is 14.2 Å². The molecular formula is C19H34N2O6. The van der Waals surface area contributed by atoms with Crippen LogP contribution in [0.15, 0.2) is 0 Å². The highest BCUT2D eigenvalue weighted by Crippen LogP contribution is 2.16. The number of esters is 2. The van der Waals surface area contributed by atoms with Gasteiger partial charge in [0.15, 0.2) is 0 Å². The van der Waals surface area contributed by atoms with Crippen LogP contribution >= 0.6 is 0 Å². The van der Waals surface area contributed by atoms with Gasteiger partial charge in [-0.3, -0.25) is 9.59 Å². The van der Waals surface area contributed by atoms with Gasteiger partial charge in [-0.25, -0.2) is 9.59 Å². The molecule has 0 saturated carbocycles. The lowest BCUT2D eigenvalue weighted by molar-refractivity contribution is -0.147. The first-order chi connectivity index (χ1) is 12.2. The monoisotopic (exact) mass is 386 g/mol. The van der Waals surface area contributed by atoms with Crippen molar-refractivity contribution in [1.29, 1.82) is 0 Å². The fourth-order valence-electron chi connectivity index (χ4n) is 2.06. The maximum Gasteiger partial charge on any atom is 0.328 e. The lowest BCUT2D eigenvalue weighted by Crippen LogP contribution is -2.47. The average molecular weight is 386 g/mol. The Hall–Kier alpha value is -2.12. The third kappa shape index (κ3) is 8.88. The van der Waals surface area contributed by atoms with E-state index in [1.54, 1.807) is 41.5 Å². The van der Waals surface area contributed by atoms with Crippen molar-refractivity contribution in [3.8, 4) is 0 Å². The number of amides is 2. The summed E-state index contributed by atoms with van der Waals surface area (Å²) in [7, 11) is 2.50. The molecule has 0 aliphatic rings. The van der Waals surface area contributed by atoms with Crippen LogP contribution in [-0.4, -0.2) is 50.1 Å². The van der Waals surface area contributed by atoms with E-state index < -0.39 is 34.9 Å². The summed E-state index contributed by atoms with van der Waals surface area (Å²) < 4.78 is 9.49. The van der Waals surface area contributed by atoms with Crippen molar-refractivity contribution in [3.05, 3.63) is 0 Å². The molecule has 0 aliphatic carbocycles. The largest absolute Gasteiger partial charge is 0.467 e. The number of carbonyl (C=O) groups excluding carboxylic acids is 4. The molecule has 0 fully saturated rings. The third-order valence-electron chi connectivity index (χ3n) is 3.93. The smallest absolute Gasteiger partial charge is 0.328 e. The van der Waals surface area contributed by atoms with E-state index in [2.05, 4.69) is 10.6 Å². The molecule has 156 valence electrons. The lowest BCUT2D eigenvalue weighted by Gasteiger charge is -2.24. The van der Waals surface area contributed by atoms with Crippen LogP contribution in [0.3, 0.4) is 0 Å². The molecule has 2 N–H and O–H groups in total. The zero-order valence-corrected chi connectivity index (χ0v) is 17.7. The van der Waals surface area contributed by atoms with Crippen LogP contribution in [0.5, 0.6) is 0 Å². The predicted octanol–water partition coefficient (Wildman–Crippen LogP) is 1.56. The summed E-state index contributed by atoms with van der Waals surface area (Å²) in [6, 6.07) is -1.64. The van der Waals surface area contributed by atoms with Crippen LogP contribution in [0.4, 0.5) is 0 Å². The lowest BCUT2D eigenvalue weighted by atomic mass is 9.94. The summed E-state index contributed by atoms with van der Waals surface area (Å²) >= 11 is 0. The first-order valence-electron chi connectivity index (χ1n) is 9.01. The molecule has 0 aromatic heterocycles. The van der Waals surface area contributed by atoms with E-state index >= 15 is 0 Å². The second kappa shape index (κ2) is 10.3. The Morgan fingerprint density at radius 3 is 1.22 bits per heavy atom. The van der Waals surface area contributed by atoms with Gasteiger partial charge >= 0.3 is 11.9 Å². The van der Waals surface area contributed by atoms with E-state index in [1.807, 2.05) is 0 Å². The predicted molar refractivity (Wildman–Crippen MR) is 101 cm³/mol. The van der Waals surface area contributed by atoms with Gasteiger partial charge in [-0.15, -0.1) is 0 Å². The first-order valence-corrected chi connectivity index (χ1v) is 9.01. The highest BCUT2D eigenvalue weighted by Gasteiger charge is 2.30. The molecule has 8 heteroatoms. The molecule has 2 unspecified atom stereocenters. The number of nitrogens with one attached hydrogen (secondary N) is 2. The summed E-state index contributed by atoms with van der Waals surface area (Å²) in [6.07, 6.45) is 0.940. The minimum atomic E-state index is -0.821. The molecule has 0 aromatic carbocycles. The first kappa shape index (κ1) is 24.9. The highest BCUT2D eigenvalue weighted by atomic mass is 16.5. The summed E-state index contributed by atoms with van der Waals surface area (Å²) in [6.45, 7) is 10.5. The Morgan fingerprint density at radius 1 is 0.704 bits per heavy atom. The minimum absolute atomic E-state index is 0.271. The number of methoxy groups -OCH3 is 2. The van der Waals surface area contributed by atoms with E-state index in [-0.39, 0.29) is 24.7 Å². The molecule has 0 radical (unpaired) electrons. The van der Waals surface area contributed by atoms with Crippen LogP contribution in [-0.2, 0) is 28.7 Å². The fraction of sp³-hybridized carbons (Fsp3) is 0.789. The highest BCUT2D eigenvalue weighted by molar-refractivity contribution is 5.88. The number of carbonyl (C=O) groups is 4. The van der Waals surface area contributed by atoms with Gasteiger partial charge in [-0.1, -0.05) is 41.5 Å². The quantitative estimate of drug-likeness (QED) is 0.613. The maximum atomic E-state index is 12.2. The Kier molecular flexibility index (Phi) is 9.47. The van der Waals surface area contributed by atoms with Gasteiger partial charge < -0.3 is 20.1 Å². The Labute approximate surface area is 161 Å². The zero-order valence-electron chi connectivity index (χ0n) is 17.7. The van der Waals surface area contributed by atoms with E-state index in [4.69, 9.17) is 9.47 Å². The molecular weight excluding hydrogens is 352 g/mol. The molecule has 2 atom stereocenters. The van der Waals surface area contributed by atoms with Gasteiger partial charge in [0.25, 0.3) is 0 Å². The molecule has 0 heterocycles. The maximum absolute atomic E-state index is 12.2. The van der Waals surface area contributed by atoms with Crippen molar-refractivity contribution in [2.45, 2.75) is 72.9 Å². The standard InChI is InChI=1S/C19H34N2O6/c1-18(2,3)16(24)20-12(14(22)26-7)10-9-11-13(15(23)27-8)21-17(25)19(4,5)6/h12-13H,9-11H2,1-8H3,(H,20,24)(H,21,25). The fourth-order valence-corrected chi connectivity index (χ4v) is 2.06. The van der Waals surface area contributed by atoms with Crippen molar-refractivity contribution >= 4 is 23.8 Å². The Morgan fingerprint density at radius 2 is 1.00 bits per heavy atom. The van der Waals surface area contributed by atoms with E-state index in [9.17, 15) is 19.2 Å². The molecule has 2 amide bonds. The number of hydrogen-bond acceptors (Lipinski definition) is 6. The van der Waals surface area contributed by atoms with Crippen molar-refractivity contribution < 1.29 is 28.7 Å². The second-order valence-electron chi connectivity index (χ2n) is 8.53. The van der Waals surface area contributed by atoms with Crippen molar-refractivity contribution in [3.63, 3.8) is 0 Å². The van der Waals surface area contributed by atoms with Gasteiger partial charge in [-0.2, -0.15) is 0 Å². The van der Waals surface area contributed by atoms with Crippen LogP contribution in [0.25, 0.3) is 0 Å². The van der Waals surface area contributed by atoms with Crippen molar-refractivity contribution in [2.24, 2.45) is 10.8 Å². The molecule has 0 spiro atoms. The van der Waals surface area contributed by atoms with Gasteiger partial charge in [-0.05, 0) is 19.3 Å². The van der Waals surface area contributed by atoms with Gasteiger partial charge in [0.2, 0.25) is 11.8 Å². The number of rotatable bonds is 8. The summed E-state index contributed by atoms with van der Waals surface area (Å²) in [5, 5.41) is 5.35. The molecule has 0 aromatic rings. The summed E-state index contributed by atoms with van der Waals surface area (Å²) in [5.41, 5.74) is -1.30. The Bertz CT molecular complexity index is 497. The Balaban J connectivity index is 4.96. The van der Waals surface area contributed by atoms with Crippen molar-refractivity contribution in [2.75, 3.05) is 14.2 Å². The zero-order chi connectivity index (χ0) is 21.4. The molecule has 0 saturated heterocycles. The van der Waals surface area contributed by atoms with Crippen LogP contribution in [0.2, 0.25) is 0 Å². The van der Waals surface area contributed by atoms with Crippen LogP contribution < -0.4 is 10.6 Å². The second-order valence-corrected chi connectivity index (χ2v) is 8.53. The van der Waals surface area contributed by atoms with E-state index in [0.717, 1.165) is 0 Å². The molecule has 0 rings (SSSR count). The van der Waals surface area contributed by atoms with Gasteiger partial charge in [0, 0.05) is 10.8 Å². The van der Waals surface area contributed by atoms with Crippen molar-refractivity contribution in [1.82, 2.24) is 10.6 Å². The third-order valence-corrected chi connectivity index (χ3v) is 3.93. The molecule has 8 nitrogen and oxygen atoms in total. The topological polar surface area (TPSA) is 111 Å². The average Bonchev–Trinajstić information content (AvgIpc) is 2.56.